The molecule has 2 rings (SSSR count). The molecule has 0 saturated carbocycles. The molecule has 2 N–H and O–H groups in total. The summed E-state index contributed by atoms with van der Waals surface area (Å²) >= 11 is 9.11. The van der Waals surface area contributed by atoms with Gasteiger partial charge in [-0.15, -0.1) is 0 Å². The number of oxime groups is 1. The van der Waals surface area contributed by atoms with Gasteiger partial charge in [0.1, 0.15) is 5.71 Å². The van der Waals surface area contributed by atoms with Crippen molar-refractivity contribution in [3.8, 4) is 0 Å². The molecule has 0 aliphatic rings. The normalized spacial score (nSPS) is 11.6. The molecule has 22 heavy (non-hydrogen) atoms. The summed E-state index contributed by atoms with van der Waals surface area (Å²) in [6, 6.07) is 13.7. The highest BCUT2D eigenvalue weighted by Gasteiger charge is 2.06. The predicted octanol–water partition coefficient (Wildman–Crippen LogP) is 3.70. The Bertz CT molecular complexity index is 730. The second-order valence-corrected chi connectivity index (χ2v) is 5.55. The van der Waals surface area contributed by atoms with Gasteiger partial charge < -0.3 is 5.21 Å². The van der Waals surface area contributed by atoms with Crippen LogP contribution < -0.4 is 5.43 Å². The van der Waals surface area contributed by atoms with Crippen LogP contribution in [0.2, 0.25) is 5.02 Å². The lowest BCUT2D eigenvalue weighted by Gasteiger charge is -2.04. The van der Waals surface area contributed by atoms with Crippen molar-refractivity contribution >= 4 is 45.4 Å². The largest absolute Gasteiger partial charge is 0.411 e. The first kappa shape index (κ1) is 16.2. The number of amides is 1. The molecule has 0 aliphatic carbocycles. The van der Waals surface area contributed by atoms with E-state index in [-0.39, 0.29) is 5.91 Å². The maximum Gasteiger partial charge on any atom is 0.271 e. The van der Waals surface area contributed by atoms with Gasteiger partial charge in [0, 0.05) is 20.6 Å². The van der Waals surface area contributed by atoms with Gasteiger partial charge in [-0.1, -0.05) is 50.9 Å². The number of nitrogens with zero attached hydrogens (tertiary/aromatic N) is 2. The zero-order valence-corrected chi connectivity index (χ0v) is 13.5. The van der Waals surface area contributed by atoms with E-state index >= 15 is 0 Å². The van der Waals surface area contributed by atoms with Crippen molar-refractivity contribution in [1.29, 1.82) is 0 Å². The number of carbonyl (C=O) groups is 1. The number of hydrogen-bond donors (Lipinski definition) is 2. The molecule has 0 radical (unpaired) electrons. The van der Waals surface area contributed by atoms with Crippen LogP contribution in [0.4, 0.5) is 0 Å². The first-order valence-electron chi connectivity index (χ1n) is 6.17. The van der Waals surface area contributed by atoms with Crippen LogP contribution in [0.3, 0.4) is 0 Å². The molecule has 7 heteroatoms. The smallest absolute Gasteiger partial charge is 0.271 e. The zero-order valence-electron chi connectivity index (χ0n) is 11.2. The average molecular weight is 381 g/mol. The van der Waals surface area contributed by atoms with Crippen LogP contribution in [0.15, 0.2) is 63.3 Å². The summed E-state index contributed by atoms with van der Waals surface area (Å²) in [5, 5.41) is 16.2. The van der Waals surface area contributed by atoms with Crippen molar-refractivity contribution in [2.45, 2.75) is 0 Å². The Labute approximate surface area is 140 Å². The van der Waals surface area contributed by atoms with Gasteiger partial charge in [0.15, 0.2) is 0 Å². The second-order valence-electron chi connectivity index (χ2n) is 4.20. The fourth-order valence-electron chi connectivity index (χ4n) is 1.65. The van der Waals surface area contributed by atoms with E-state index in [4.69, 9.17) is 16.8 Å². The molecule has 0 aliphatic heterocycles. The van der Waals surface area contributed by atoms with E-state index in [1.165, 1.54) is 0 Å². The minimum absolute atomic E-state index is 0.294. The van der Waals surface area contributed by atoms with E-state index in [1.807, 2.05) is 6.07 Å². The third-order valence-electron chi connectivity index (χ3n) is 2.68. The third kappa shape index (κ3) is 4.41. The number of halogens is 2. The zero-order chi connectivity index (χ0) is 15.9. The van der Waals surface area contributed by atoms with Gasteiger partial charge in [0.25, 0.3) is 5.91 Å². The number of hydrogen-bond acceptors (Lipinski definition) is 4. The minimum Gasteiger partial charge on any atom is -0.411 e. The van der Waals surface area contributed by atoms with Crippen LogP contribution >= 0.6 is 27.5 Å². The molecule has 0 heterocycles. The monoisotopic (exact) mass is 379 g/mol. The Balaban J connectivity index is 2.20. The standard InChI is InChI=1S/C15H11BrClN3O2/c16-12-3-1-2-11(8-12)15(21)20-19-14(9-18-22)10-4-6-13(17)7-5-10/h1-9,22H,(H,20,21)/b18-9-,19-14+. The fourth-order valence-corrected chi connectivity index (χ4v) is 2.17. The highest BCUT2D eigenvalue weighted by molar-refractivity contribution is 9.10. The van der Waals surface area contributed by atoms with Crippen molar-refractivity contribution in [2.75, 3.05) is 0 Å². The molecule has 0 spiro atoms. The summed E-state index contributed by atoms with van der Waals surface area (Å²) in [7, 11) is 0. The molecule has 0 atom stereocenters. The predicted molar refractivity (Wildman–Crippen MR) is 89.9 cm³/mol. The number of carbonyl (C=O) groups excluding carboxylic acids is 1. The molecule has 0 bridgehead atoms. The Kier molecular flexibility index (Phi) is 5.68. The Morgan fingerprint density at radius 3 is 2.55 bits per heavy atom. The molecule has 0 saturated heterocycles. The van der Waals surface area contributed by atoms with Gasteiger partial charge in [0.2, 0.25) is 0 Å². The summed E-state index contributed by atoms with van der Waals surface area (Å²) in [4.78, 5) is 12.0. The lowest BCUT2D eigenvalue weighted by molar-refractivity contribution is 0.0955. The van der Waals surface area contributed by atoms with Crippen LogP contribution in [-0.2, 0) is 0 Å². The molecular weight excluding hydrogens is 370 g/mol. The summed E-state index contributed by atoms with van der Waals surface area (Å²) in [5.41, 5.74) is 3.81. The Morgan fingerprint density at radius 2 is 1.91 bits per heavy atom. The summed E-state index contributed by atoms with van der Waals surface area (Å²) < 4.78 is 0.791. The van der Waals surface area contributed by atoms with Crippen LogP contribution in [0.25, 0.3) is 0 Å². The van der Waals surface area contributed by atoms with Gasteiger partial charge >= 0.3 is 0 Å². The molecular formula is C15H11BrClN3O2. The van der Waals surface area contributed by atoms with E-state index in [0.717, 1.165) is 10.7 Å². The summed E-state index contributed by atoms with van der Waals surface area (Å²) in [5.74, 6) is -0.376. The van der Waals surface area contributed by atoms with E-state index in [1.54, 1.807) is 42.5 Å². The Morgan fingerprint density at radius 1 is 1.18 bits per heavy atom. The van der Waals surface area contributed by atoms with E-state index in [2.05, 4.69) is 31.6 Å². The van der Waals surface area contributed by atoms with E-state index in [0.29, 0.717) is 21.9 Å². The Hall–Kier alpha value is -2.18. The van der Waals surface area contributed by atoms with Crippen molar-refractivity contribution < 1.29 is 10.0 Å². The van der Waals surface area contributed by atoms with Crippen LogP contribution in [0, 0.1) is 0 Å². The SMILES string of the molecule is O=C(N/N=C(\C=N/O)c1ccc(Cl)cc1)c1cccc(Br)c1. The number of benzene rings is 2. The summed E-state index contributed by atoms with van der Waals surface area (Å²) in [6.45, 7) is 0. The molecule has 1 amide bonds. The molecule has 2 aromatic carbocycles. The van der Waals surface area contributed by atoms with Crippen molar-refractivity contribution in [3.05, 3.63) is 69.2 Å². The van der Waals surface area contributed by atoms with Gasteiger partial charge in [-0.05, 0) is 30.3 Å². The van der Waals surface area contributed by atoms with Crippen LogP contribution in [0.5, 0.6) is 0 Å². The van der Waals surface area contributed by atoms with Crippen molar-refractivity contribution in [2.24, 2.45) is 10.3 Å². The second kappa shape index (κ2) is 7.72. The summed E-state index contributed by atoms with van der Waals surface area (Å²) in [6.07, 6.45) is 1.13. The lowest BCUT2D eigenvalue weighted by Crippen LogP contribution is -2.20. The average Bonchev–Trinajstić information content (AvgIpc) is 2.52. The van der Waals surface area contributed by atoms with Crippen molar-refractivity contribution in [3.63, 3.8) is 0 Å². The molecule has 2 aromatic rings. The molecule has 5 nitrogen and oxygen atoms in total. The van der Waals surface area contributed by atoms with Crippen molar-refractivity contribution in [1.82, 2.24) is 5.43 Å². The lowest BCUT2D eigenvalue weighted by atomic mass is 10.1. The van der Waals surface area contributed by atoms with Crippen LogP contribution in [-0.4, -0.2) is 23.0 Å². The molecule has 0 fully saturated rings. The maximum absolute atomic E-state index is 12.0. The first-order chi connectivity index (χ1) is 10.6. The fraction of sp³-hybridized carbons (Fsp3) is 0. The maximum atomic E-state index is 12.0. The van der Waals surface area contributed by atoms with Crippen LogP contribution in [0.1, 0.15) is 15.9 Å². The molecule has 0 unspecified atom stereocenters. The first-order valence-corrected chi connectivity index (χ1v) is 7.34. The minimum atomic E-state index is -0.376. The van der Waals surface area contributed by atoms with E-state index in [9.17, 15) is 4.79 Å². The van der Waals surface area contributed by atoms with E-state index < -0.39 is 0 Å². The topological polar surface area (TPSA) is 74.0 Å². The number of hydrazone groups is 1. The quantitative estimate of drug-likeness (QED) is 0.482. The molecule has 0 aromatic heterocycles. The molecule has 112 valence electrons. The van der Waals surface area contributed by atoms with Gasteiger partial charge in [-0.2, -0.15) is 5.10 Å². The van der Waals surface area contributed by atoms with Gasteiger partial charge in [-0.3, -0.25) is 4.79 Å². The van der Waals surface area contributed by atoms with Gasteiger partial charge in [-0.25, -0.2) is 5.43 Å². The van der Waals surface area contributed by atoms with Gasteiger partial charge in [0.05, 0.1) is 6.21 Å². The number of nitrogens with one attached hydrogen (secondary N) is 1. The number of rotatable bonds is 4. The highest BCUT2D eigenvalue weighted by atomic mass is 79.9. The third-order valence-corrected chi connectivity index (χ3v) is 3.43. The highest BCUT2D eigenvalue weighted by Crippen LogP contribution is 2.12.